The molecule has 98 valence electrons. The summed E-state index contributed by atoms with van der Waals surface area (Å²) in [6.07, 6.45) is 9.88. The van der Waals surface area contributed by atoms with Gasteiger partial charge in [-0.05, 0) is 57.9 Å². The molecule has 0 aromatic carbocycles. The van der Waals surface area contributed by atoms with Crippen LogP contribution in [0.25, 0.3) is 0 Å². The lowest BCUT2D eigenvalue weighted by Gasteiger charge is -2.33. The topological polar surface area (TPSA) is 52.3 Å². The molecule has 0 bridgehead atoms. The first-order valence-electron chi connectivity index (χ1n) is 6.47. The molecule has 0 radical (unpaired) electrons. The van der Waals surface area contributed by atoms with E-state index in [9.17, 15) is 4.21 Å². The standard InChI is InChI=1S/C13H23NO2S/c1-13(2,17(14)15)9-11(10-6-7-10)12-5-3-4-8-16-12/h4,8,10-12H,3,5-7,9,14H2,1-2H3/t11-,12?,17?/m0/s1. The van der Waals surface area contributed by atoms with Gasteiger partial charge in [-0.1, -0.05) is 0 Å². The highest BCUT2D eigenvalue weighted by atomic mass is 32.2. The van der Waals surface area contributed by atoms with Crippen LogP contribution in [0, 0.1) is 11.8 Å². The zero-order chi connectivity index (χ0) is 12.5. The SMILES string of the molecule is CC(C)(C[C@@H](C1CC1)C1CCC=CO1)S(N)=O. The van der Waals surface area contributed by atoms with Crippen molar-refractivity contribution < 1.29 is 8.95 Å². The minimum Gasteiger partial charge on any atom is -0.498 e. The Morgan fingerprint density at radius 3 is 2.65 bits per heavy atom. The molecule has 3 atom stereocenters. The van der Waals surface area contributed by atoms with Gasteiger partial charge in [-0.3, -0.25) is 5.14 Å². The maximum Gasteiger partial charge on any atom is 0.101 e. The van der Waals surface area contributed by atoms with Crippen molar-refractivity contribution >= 4 is 11.0 Å². The van der Waals surface area contributed by atoms with Gasteiger partial charge in [0.1, 0.15) is 6.10 Å². The van der Waals surface area contributed by atoms with Crippen LogP contribution in [0.1, 0.15) is 46.0 Å². The third-order valence-corrected chi connectivity index (χ3v) is 5.20. The van der Waals surface area contributed by atoms with Crippen LogP contribution in [0.4, 0.5) is 0 Å². The first kappa shape index (κ1) is 13.1. The van der Waals surface area contributed by atoms with E-state index < -0.39 is 11.0 Å². The van der Waals surface area contributed by atoms with Crippen molar-refractivity contribution in [2.75, 3.05) is 0 Å². The summed E-state index contributed by atoms with van der Waals surface area (Å²) in [5.74, 6) is 1.27. The van der Waals surface area contributed by atoms with Crippen LogP contribution >= 0.6 is 0 Å². The van der Waals surface area contributed by atoms with Crippen LogP contribution in [0.15, 0.2) is 12.3 Å². The monoisotopic (exact) mass is 257 g/mol. The summed E-state index contributed by atoms with van der Waals surface area (Å²) in [5, 5.41) is 5.59. The van der Waals surface area contributed by atoms with Gasteiger partial charge < -0.3 is 4.74 Å². The van der Waals surface area contributed by atoms with Crippen LogP contribution in [0.3, 0.4) is 0 Å². The molecule has 1 aliphatic heterocycles. The number of hydrogen-bond donors (Lipinski definition) is 1. The molecule has 4 heteroatoms. The molecule has 0 amide bonds. The molecule has 0 aromatic rings. The third-order valence-electron chi connectivity index (χ3n) is 3.94. The van der Waals surface area contributed by atoms with Gasteiger partial charge in [-0.15, -0.1) is 0 Å². The summed E-state index contributed by atoms with van der Waals surface area (Å²) >= 11 is 0. The lowest BCUT2D eigenvalue weighted by Crippen LogP contribution is -2.38. The van der Waals surface area contributed by atoms with Crippen molar-refractivity contribution in [1.29, 1.82) is 0 Å². The zero-order valence-electron chi connectivity index (χ0n) is 10.7. The van der Waals surface area contributed by atoms with E-state index in [1.165, 1.54) is 12.8 Å². The molecule has 1 heterocycles. The van der Waals surface area contributed by atoms with Crippen molar-refractivity contribution in [1.82, 2.24) is 0 Å². The normalized spacial score (nSPS) is 28.5. The van der Waals surface area contributed by atoms with Crippen LogP contribution in [0.5, 0.6) is 0 Å². The Morgan fingerprint density at radius 2 is 2.18 bits per heavy atom. The molecular weight excluding hydrogens is 234 g/mol. The zero-order valence-corrected chi connectivity index (χ0v) is 11.5. The second-order valence-corrected chi connectivity index (χ2v) is 7.59. The predicted molar refractivity (Wildman–Crippen MR) is 70.5 cm³/mol. The average Bonchev–Trinajstić information content (AvgIpc) is 3.11. The Morgan fingerprint density at radius 1 is 1.47 bits per heavy atom. The average molecular weight is 257 g/mol. The molecule has 2 N–H and O–H groups in total. The fraction of sp³-hybridized carbons (Fsp3) is 0.846. The second-order valence-electron chi connectivity index (χ2n) is 5.89. The van der Waals surface area contributed by atoms with E-state index in [1.54, 1.807) is 0 Å². The number of allylic oxidation sites excluding steroid dienone is 1. The van der Waals surface area contributed by atoms with Gasteiger partial charge in [0.15, 0.2) is 0 Å². The van der Waals surface area contributed by atoms with Gasteiger partial charge >= 0.3 is 0 Å². The van der Waals surface area contributed by atoms with E-state index >= 15 is 0 Å². The van der Waals surface area contributed by atoms with Crippen molar-refractivity contribution in [2.24, 2.45) is 17.0 Å². The third kappa shape index (κ3) is 3.32. The van der Waals surface area contributed by atoms with Gasteiger partial charge in [-0.2, -0.15) is 0 Å². The van der Waals surface area contributed by atoms with Crippen molar-refractivity contribution in [3.8, 4) is 0 Å². The molecule has 1 aliphatic carbocycles. The van der Waals surface area contributed by atoms with Crippen LogP contribution < -0.4 is 5.14 Å². The molecule has 2 aliphatic rings. The van der Waals surface area contributed by atoms with E-state index in [1.807, 2.05) is 20.1 Å². The molecule has 1 saturated carbocycles. The highest BCUT2D eigenvalue weighted by Crippen LogP contribution is 2.45. The Balaban J connectivity index is 2.02. The van der Waals surface area contributed by atoms with E-state index in [-0.39, 0.29) is 4.75 Å². The van der Waals surface area contributed by atoms with Gasteiger partial charge in [0.2, 0.25) is 0 Å². The maximum absolute atomic E-state index is 11.6. The van der Waals surface area contributed by atoms with Crippen molar-refractivity contribution in [3.63, 3.8) is 0 Å². The Kier molecular flexibility index (Phi) is 3.93. The highest BCUT2D eigenvalue weighted by molar-refractivity contribution is 7.84. The Bertz CT molecular complexity index is 323. The Hall–Kier alpha value is -0.350. The van der Waals surface area contributed by atoms with E-state index in [4.69, 9.17) is 9.88 Å². The largest absolute Gasteiger partial charge is 0.498 e. The van der Waals surface area contributed by atoms with Gasteiger partial charge in [0.25, 0.3) is 0 Å². The summed E-state index contributed by atoms with van der Waals surface area (Å²) in [6, 6.07) is 0. The molecule has 2 unspecified atom stereocenters. The van der Waals surface area contributed by atoms with E-state index in [0.717, 1.165) is 25.2 Å². The lowest BCUT2D eigenvalue weighted by molar-refractivity contribution is 0.0506. The number of nitrogens with two attached hydrogens (primary N) is 1. The predicted octanol–water partition coefficient (Wildman–Crippen LogP) is 2.50. The minimum atomic E-state index is -1.26. The molecule has 3 nitrogen and oxygen atoms in total. The van der Waals surface area contributed by atoms with Crippen LogP contribution in [-0.4, -0.2) is 15.1 Å². The molecular formula is C13H23NO2S. The summed E-state index contributed by atoms with van der Waals surface area (Å²) in [7, 11) is -1.26. The maximum atomic E-state index is 11.6. The molecule has 1 fully saturated rings. The summed E-state index contributed by atoms with van der Waals surface area (Å²) < 4.78 is 17.0. The Labute approximate surface area is 106 Å². The fourth-order valence-corrected chi connectivity index (χ4v) is 3.00. The summed E-state index contributed by atoms with van der Waals surface area (Å²) in [5.41, 5.74) is 0. The number of hydrogen-bond acceptors (Lipinski definition) is 2. The van der Waals surface area contributed by atoms with Gasteiger partial charge in [0.05, 0.1) is 22.0 Å². The summed E-state index contributed by atoms with van der Waals surface area (Å²) in [6.45, 7) is 3.99. The number of rotatable bonds is 5. The number of ether oxygens (including phenoxy) is 1. The molecule has 17 heavy (non-hydrogen) atoms. The first-order valence-corrected chi connectivity index (χ1v) is 7.69. The molecule has 2 rings (SSSR count). The molecule has 0 spiro atoms. The second kappa shape index (κ2) is 5.11. The van der Waals surface area contributed by atoms with Crippen LogP contribution in [-0.2, 0) is 15.7 Å². The smallest absolute Gasteiger partial charge is 0.101 e. The molecule has 0 saturated heterocycles. The lowest BCUT2D eigenvalue weighted by atomic mass is 9.85. The highest BCUT2D eigenvalue weighted by Gasteiger charge is 2.41. The van der Waals surface area contributed by atoms with E-state index in [0.29, 0.717) is 12.0 Å². The quantitative estimate of drug-likeness (QED) is 0.822. The summed E-state index contributed by atoms with van der Waals surface area (Å²) in [4.78, 5) is 0. The van der Waals surface area contributed by atoms with Crippen molar-refractivity contribution in [2.45, 2.75) is 56.8 Å². The van der Waals surface area contributed by atoms with Crippen molar-refractivity contribution in [3.05, 3.63) is 12.3 Å². The molecule has 0 aromatic heterocycles. The van der Waals surface area contributed by atoms with E-state index in [2.05, 4.69) is 6.08 Å². The van der Waals surface area contributed by atoms with Gasteiger partial charge in [0, 0.05) is 5.92 Å². The van der Waals surface area contributed by atoms with Crippen LogP contribution in [0.2, 0.25) is 0 Å². The fourth-order valence-electron chi connectivity index (χ4n) is 2.64. The first-order chi connectivity index (χ1) is 8.00. The van der Waals surface area contributed by atoms with Gasteiger partial charge in [-0.25, -0.2) is 4.21 Å². The minimum absolute atomic E-state index is 0.301.